The molecule has 0 saturated heterocycles. The molecule has 1 aliphatic heterocycles. The highest BCUT2D eigenvalue weighted by atomic mass is 16.5. The monoisotopic (exact) mass is 289 g/mol. The summed E-state index contributed by atoms with van der Waals surface area (Å²) in [7, 11) is 0. The Labute approximate surface area is 128 Å². The van der Waals surface area contributed by atoms with Gasteiger partial charge in [-0.1, -0.05) is 19.1 Å². The second-order valence-corrected chi connectivity index (χ2v) is 6.99. The fourth-order valence-electron chi connectivity index (χ4n) is 3.07. The molecule has 3 heteroatoms. The van der Waals surface area contributed by atoms with Crippen LogP contribution < -0.4 is 14.8 Å². The molecule has 1 aliphatic carbocycles. The lowest BCUT2D eigenvalue weighted by Gasteiger charge is -2.21. The Morgan fingerprint density at radius 1 is 1.38 bits per heavy atom. The molecule has 1 unspecified atom stereocenters. The predicted octanol–water partition coefficient (Wildman–Crippen LogP) is 3.56. The number of nitrogens with one attached hydrogen (secondary N) is 1. The van der Waals surface area contributed by atoms with Crippen molar-refractivity contribution in [1.29, 1.82) is 0 Å². The van der Waals surface area contributed by atoms with E-state index in [0.29, 0.717) is 6.04 Å². The molecule has 3 nitrogen and oxygen atoms in total. The van der Waals surface area contributed by atoms with Gasteiger partial charge < -0.3 is 14.8 Å². The highest BCUT2D eigenvalue weighted by molar-refractivity contribution is 5.50. The van der Waals surface area contributed by atoms with Crippen molar-refractivity contribution in [1.82, 2.24) is 5.32 Å². The van der Waals surface area contributed by atoms with Crippen molar-refractivity contribution in [2.75, 3.05) is 13.2 Å². The van der Waals surface area contributed by atoms with Gasteiger partial charge in [-0.2, -0.15) is 0 Å². The number of rotatable bonds is 7. The molecule has 1 aromatic carbocycles. The minimum atomic E-state index is -0.113. The number of hydrogen-bond acceptors (Lipinski definition) is 3. The van der Waals surface area contributed by atoms with Crippen LogP contribution in [0.5, 0.6) is 11.5 Å². The van der Waals surface area contributed by atoms with Crippen LogP contribution in [0.1, 0.15) is 45.6 Å². The summed E-state index contributed by atoms with van der Waals surface area (Å²) in [6.45, 7) is 8.28. The molecule has 1 N–H and O–H groups in total. The second-order valence-electron chi connectivity index (χ2n) is 6.99. The van der Waals surface area contributed by atoms with Gasteiger partial charge in [-0.3, -0.25) is 0 Å². The number of benzene rings is 1. The van der Waals surface area contributed by atoms with Crippen molar-refractivity contribution < 1.29 is 9.47 Å². The number of para-hydroxylation sites is 1. The highest BCUT2D eigenvalue weighted by Crippen LogP contribution is 2.42. The van der Waals surface area contributed by atoms with E-state index in [1.807, 2.05) is 6.07 Å². The molecule has 1 heterocycles. The topological polar surface area (TPSA) is 30.5 Å². The van der Waals surface area contributed by atoms with E-state index < -0.39 is 0 Å². The second kappa shape index (κ2) is 5.88. The summed E-state index contributed by atoms with van der Waals surface area (Å²) in [6, 6.07) is 6.73. The van der Waals surface area contributed by atoms with E-state index in [4.69, 9.17) is 9.47 Å². The number of hydrogen-bond donors (Lipinski definition) is 1. The zero-order valence-electron chi connectivity index (χ0n) is 13.4. The van der Waals surface area contributed by atoms with Crippen LogP contribution in [0.2, 0.25) is 0 Å². The molecule has 0 bridgehead atoms. The normalized spacial score (nSPS) is 20.7. The van der Waals surface area contributed by atoms with Crippen LogP contribution in [0.4, 0.5) is 0 Å². The summed E-state index contributed by atoms with van der Waals surface area (Å²) in [5.41, 5.74) is 1.15. The molecule has 1 aromatic rings. The fourth-order valence-corrected chi connectivity index (χ4v) is 3.07. The molecule has 116 valence electrons. The maximum absolute atomic E-state index is 6.12. The van der Waals surface area contributed by atoms with E-state index in [1.165, 1.54) is 24.8 Å². The molecule has 1 atom stereocenters. The van der Waals surface area contributed by atoms with Crippen LogP contribution in [0.25, 0.3) is 0 Å². The molecule has 1 fully saturated rings. The molecule has 0 radical (unpaired) electrons. The molecule has 0 aromatic heterocycles. The minimum Gasteiger partial charge on any atom is -0.488 e. The van der Waals surface area contributed by atoms with Crippen molar-refractivity contribution >= 4 is 0 Å². The Hall–Kier alpha value is -1.22. The van der Waals surface area contributed by atoms with Crippen LogP contribution >= 0.6 is 0 Å². The summed E-state index contributed by atoms with van der Waals surface area (Å²) < 4.78 is 12.2. The van der Waals surface area contributed by atoms with E-state index in [9.17, 15) is 0 Å². The minimum absolute atomic E-state index is 0.113. The van der Waals surface area contributed by atoms with Crippen LogP contribution in [0, 0.1) is 5.92 Å². The van der Waals surface area contributed by atoms with Crippen molar-refractivity contribution in [3.63, 3.8) is 0 Å². The molecule has 2 aliphatic rings. The van der Waals surface area contributed by atoms with Crippen molar-refractivity contribution in [2.24, 2.45) is 5.92 Å². The zero-order chi connectivity index (χ0) is 14.9. The van der Waals surface area contributed by atoms with E-state index in [2.05, 4.69) is 38.2 Å². The number of fused-ring (bicyclic) bond motifs is 1. The van der Waals surface area contributed by atoms with Gasteiger partial charge in [0.25, 0.3) is 0 Å². The van der Waals surface area contributed by atoms with Crippen molar-refractivity contribution in [3.05, 3.63) is 23.8 Å². The lowest BCUT2D eigenvalue weighted by atomic mass is 10.0. The third-order valence-corrected chi connectivity index (χ3v) is 4.32. The van der Waals surface area contributed by atoms with Crippen molar-refractivity contribution in [3.8, 4) is 11.5 Å². The SMILES string of the molecule is CCCNC(COc1cccc2c1OC(C)(C)C2)C1CC1. The van der Waals surface area contributed by atoms with E-state index in [1.54, 1.807) is 0 Å². The van der Waals surface area contributed by atoms with Gasteiger partial charge >= 0.3 is 0 Å². The third kappa shape index (κ3) is 3.52. The quantitative estimate of drug-likeness (QED) is 0.832. The average Bonchev–Trinajstić information content (AvgIpc) is 3.21. The molecule has 21 heavy (non-hydrogen) atoms. The first-order valence-corrected chi connectivity index (χ1v) is 8.26. The summed E-state index contributed by atoms with van der Waals surface area (Å²) in [5, 5.41) is 3.62. The molecular formula is C18H27NO2. The van der Waals surface area contributed by atoms with Crippen LogP contribution in [-0.4, -0.2) is 24.8 Å². The predicted molar refractivity (Wildman–Crippen MR) is 85.2 cm³/mol. The van der Waals surface area contributed by atoms with Gasteiger partial charge in [-0.15, -0.1) is 0 Å². The van der Waals surface area contributed by atoms with Crippen molar-refractivity contribution in [2.45, 2.75) is 58.1 Å². The first kappa shape index (κ1) is 14.7. The third-order valence-electron chi connectivity index (χ3n) is 4.32. The van der Waals surface area contributed by atoms with Crippen LogP contribution in [-0.2, 0) is 6.42 Å². The van der Waals surface area contributed by atoms with E-state index in [0.717, 1.165) is 37.0 Å². The highest BCUT2D eigenvalue weighted by Gasteiger charge is 2.34. The maximum atomic E-state index is 6.12. The Kier molecular flexibility index (Phi) is 4.12. The Morgan fingerprint density at radius 2 is 2.19 bits per heavy atom. The van der Waals surface area contributed by atoms with Crippen LogP contribution in [0.3, 0.4) is 0 Å². The Bertz CT molecular complexity index is 494. The lowest BCUT2D eigenvalue weighted by molar-refractivity contribution is 0.130. The molecule has 0 spiro atoms. The van der Waals surface area contributed by atoms with Gasteiger partial charge in [0, 0.05) is 18.0 Å². The lowest BCUT2D eigenvalue weighted by Crippen LogP contribution is -2.37. The fraction of sp³-hybridized carbons (Fsp3) is 0.667. The summed E-state index contributed by atoms with van der Waals surface area (Å²) >= 11 is 0. The first-order chi connectivity index (χ1) is 10.1. The molecule has 1 saturated carbocycles. The van der Waals surface area contributed by atoms with E-state index in [-0.39, 0.29) is 5.60 Å². The molecule has 0 amide bonds. The van der Waals surface area contributed by atoms with Gasteiger partial charge in [0.15, 0.2) is 11.5 Å². The van der Waals surface area contributed by atoms with Gasteiger partial charge in [-0.25, -0.2) is 0 Å². The summed E-state index contributed by atoms with van der Waals surface area (Å²) in [4.78, 5) is 0. The van der Waals surface area contributed by atoms with Gasteiger partial charge in [0.05, 0.1) is 0 Å². The Balaban J connectivity index is 1.64. The molecular weight excluding hydrogens is 262 g/mol. The number of ether oxygens (including phenoxy) is 2. The smallest absolute Gasteiger partial charge is 0.165 e. The van der Waals surface area contributed by atoms with Crippen LogP contribution in [0.15, 0.2) is 18.2 Å². The largest absolute Gasteiger partial charge is 0.488 e. The summed E-state index contributed by atoms with van der Waals surface area (Å²) in [5.74, 6) is 2.65. The summed E-state index contributed by atoms with van der Waals surface area (Å²) in [6.07, 6.45) is 4.79. The van der Waals surface area contributed by atoms with Gasteiger partial charge in [0.2, 0.25) is 0 Å². The first-order valence-electron chi connectivity index (χ1n) is 8.26. The van der Waals surface area contributed by atoms with Gasteiger partial charge in [0.1, 0.15) is 12.2 Å². The average molecular weight is 289 g/mol. The Morgan fingerprint density at radius 3 is 2.90 bits per heavy atom. The zero-order valence-corrected chi connectivity index (χ0v) is 13.4. The maximum Gasteiger partial charge on any atom is 0.165 e. The standard InChI is InChI=1S/C18H27NO2/c1-4-10-19-15(13-8-9-13)12-20-16-7-5-6-14-11-18(2,3)21-17(14)16/h5-7,13,15,19H,4,8-12H2,1-3H3. The van der Waals surface area contributed by atoms with E-state index >= 15 is 0 Å². The van der Waals surface area contributed by atoms with Gasteiger partial charge in [-0.05, 0) is 51.6 Å². The molecule has 3 rings (SSSR count).